The molecule has 1 aliphatic rings. The number of ketones is 1. The van der Waals surface area contributed by atoms with Gasteiger partial charge < -0.3 is 10.1 Å². The third-order valence-electron chi connectivity index (χ3n) is 5.50. The zero-order valence-corrected chi connectivity index (χ0v) is 17.1. The highest BCUT2D eigenvalue weighted by atomic mass is 16.5. The van der Waals surface area contributed by atoms with E-state index in [9.17, 15) is 9.59 Å². The van der Waals surface area contributed by atoms with Crippen molar-refractivity contribution < 1.29 is 14.3 Å². The lowest BCUT2D eigenvalue weighted by Crippen LogP contribution is -2.40. The van der Waals surface area contributed by atoms with Crippen LogP contribution in [0.25, 0.3) is 0 Å². The van der Waals surface area contributed by atoms with Gasteiger partial charge in [0, 0.05) is 24.9 Å². The summed E-state index contributed by atoms with van der Waals surface area (Å²) in [6.45, 7) is 2.63. The van der Waals surface area contributed by atoms with E-state index in [0.29, 0.717) is 12.1 Å². The number of methoxy groups -OCH3 is 1. The van der Waals surface area contributed by atoms with Crippen LogP contribution in [0.4, 0.5) is 0 Å². The van der Waals surface area contributed by atoms with Crippen LogP contribution in [0, 0.1) is 0 Å². The number of hydrogen-bond acceptors (Lipinski definition) is 4. The van der Waals surface area contributed by atoms with Gasteiger partial charge in [0.25, 0.3) is 0 Å². The molecule has 1 aliphatic heterocycles. The van der Waals surface area contributed by atoms with E-state index in [0.717, 1.165) is 18.8 Å². The summed E-state index contributed by atoms with van der Waals surface area (Å²) < 4.78 is 5.27. The lowest BCUT2D eigenvalue weighted by Gasteiger charge is -2.35. The van der Waals surface area contributed by atoms with Gasteiger partial charge in [0.2, 0.25) is 5.91 Å². The minimum absolute atomic E-state index is 0.00323. The molecule has 0 spiro atoms. The number of piperidine rings is 1. The van der Waals surface area contributed by atoms with E-state index in [-0.39, 0.29) is 30.6 Å². The number of ether oxygens (including phenoxy) is 1. The van der Waals surface area contributed by atoms with Crippen molar-refractivity contribution in [3.05, 3.63) is 65.7 Å². The van der Waals surface area contributed by atoms with Crippen LogP contribution in [0.15, 0.2) is 54.6 Å². The Morgan fingerprint density at radius 1 is 0.966 bits per heavy atom. The summed E-state index contributed by atoms with van der Waals surface area (Å²) in [5, 5.41) is 3.05. The molecule has 1 amide bonds. The Hall–Kier alpha value is -2.66. The molecule has 0 aromatic heterocycles. The molecule has 0 unspecified atom stereocenters. The van der Waals surface area contributed by atoms with E-state index in [4.69, 9.17) is 4.74 Å². The highest BCUT2D eigenvalue weighted by Gasteiger charge is 2.23. The number of amides is 1. The monoisotopic (exact) mass is 394 g/mol. The first-order valence-electron chi connectivity index (χ1n) is 10.4. The Kier molecular flexibility index (Phi) is 7.82. The zero-order chi connectivity index (χ0) is 20.5. The highest BCUT2D eigenvalue weighted by Crippen LogP contribution is 2.26. The van der Waals surface area contributed by atoms with Crippen LogP contribution in [0.3, 0.4) is 0 Å². The summed E-state index contributed by atoms with van der Waals surface area (Å²) in [4.78, 5) is 27.1. The fourth-order valence-corrected chi connectivity index (χ4v) is 3.81. The van der Waals surface area contributed by atoms with Crippen molar-refractivity contribution >= 4 is 11.7 Å². The molecule has 2 aromatic carbocycles. The maximum atomic E-state index is 12.4. The van der Waals surface area contributed by atoms with E-state index in [1.165, 1.54) is 24.8 Å². The Labute approximate surface area is 173 Å². The number of hydrogen-bond donors (Lipinski definition) is 1. The molecular formula is C24H30N2O3. The van der Waals surface area contributed by atoms with E-state index >= 15 is 0 Å². The Bertz CT molecular complexity index is 784. The maximum Gasteiger partial charge on any atom is 0.220 e. The van der Waals surface area contributed by atoms with E-state index in [1.807, 2.05) is 30.3 Å². The summed E-state index contributed by atoms with van der Waals surface area (Å²) in [6, 6.07) is 17.3. The molecule has 0 aliphatic carbocycles. The molecule has 0 radical (unpaired) electrons. The lowest BCUT2D eigenvalue weighted by atomic mass is 10.0. The van der Waals surface area contributed by atoms with Gasteiger partial charge in [-0.05, 0) is 43.6 Å². The number of benzene rings is 2. The summed E-state index contributed by atoms with van der Waals surface area (Å²) in [5.74, 6) is 0.753. The molecule has 0 bridgehead atoms. The lowest BCUT2D eigenvalue weighted by molar-refractivity contribution is -0.121. The zero-order valence-electron chi connectivity index (χ0n) is 17.1. The number of nitrogens with one attached hydrogen (secondary N) is 1. The number of carbonyl (C=O) groups excluding carboxylic acids is 2. The molecule has 1 atom stereocenters. The normalized spacial score (nSPS) is 15.5. The maximum absolute atomic E-state index is 12.4. The fourth-order valence-electron chi connectivity index (χ4n) is 3.81. The van der Waals surface area contributed by atoms with Crippen LogP contribution in [0.5, 0.6) is 5.75 Å². The third-order valence-corrected chi connectivity index (χ3v) is 5.50. The van der Waals surface area contributed by atoms with Crippen molar-refractivity contribution in [2.45, 2.75) is 38.1 Å². The van der Waals surface area contributed by atoms with Crippen molar-refractivity contribution in [1.29, 1.82) is 0 Å². The van der Waals surface area contributed by atoms with Crippen molar-refractivity contribution in [2.75, 3.05) is 26.7 Å². The van der Waals surface area contributed by atoms with Crippen LogP contribution in [-0.4, -0.2) is 43.3 Å². The molecule has 1 heterocycles. The van der Waals surface area contributed by atoms with E-state index < -0.39 is 0 Å². The average molecular weight is 395 g/mol. The minimum Gasteiger partial charge on any atom is -0.497 e. The summed E-state index contributed by atoms with van der Waals surface area (Å²) >= 11 is 0. The Balaban J connectivity index is 1.57. The summed E-state index contributed by atoms with van der Waals surface area (Å²) in [6.07, 6.45) is 4.08. The average Bonchev–Trinajstić information content (AvgIpc) is 2.79. The number of rotatable bonds is 9. The second-order valence-electron chi connectivity index (χ2n) is 7.48. The van der Waals surface area contributed by atoms with Gasteiger partial charge in [0.05, 0.1) is 13.2 Å². The predicted molar refractivity (Wildman–Crippen MR) is 114 cm³/mol. The van der Waals surface area contributed by atoms with Crippen LogP contribution in [0.1, 0.15) is 54.1 Å². The fraction of sp³-hybridized carbons (Fsp3) is 0.417. The number of Topliss-reactive ketones (excluding diaryl/α,β-unsaturated/α-hetero) is 1. The molecule has 5 heteroatoms. The number of nitrogens with zero attached hydrogens (tertiary/aromatic N) is 1. The summed E-state index contributed by atoms with van der Waals surface area (Å²) in [5.41, 5.74) is 1.83. The van der Waals surface area contributed by atoms with Crippen LogP contribution in [-0.2, 0) is 4.79 Å². The second kappa shape index (κ2) is 10.8. The minimum atomic E-state index is -0.0789. The molecule has 154 valence electrons. The predicted octanol–water partition coefficient (Wildman–Crippen LogP) is 4.00. The van der Waals surface area contributed by atoms with Gasteiger partial charge in [-0.15, -0.1) is 0 Å². The molecule has 3 rings (SSSR count). The van der Waals surface area contributed by atoms with Crippen molar-refractivity contribution in [3.8, 4) is 5.75 Å². The SMILES string of the molecule is COc1ccc([C@@H](CNC(=O)CCC(=O)c2ccccc2)N2CCCCC2)cc1. The molecular weight excluding hydrogens is 364 g/mol. The number of carbonyl (C=O) groups is 2. The van der Waals surface area contributed by atoms with Gasteiger partial charge in [-0.25, -0.2) is 0 Å². The third kappa shape index (κ3) is 6.16. The van der Waals surface area contributed by atoms with Gasteiger partial charge >= 0.3 is 0 Å². The van der Waals surface area contributed by atoms with Gasteiger partial charge in [0.1, 0.15) is 5.75 Å². The second-order valence-corrected chi connectivity index (χ2v) is 7.48. The quantitative estimate of drug-likeness (QED) is 0.653. The smallest absolute Gasteiger partial charge is 0.220 e. The molecule has 1 N–H and O–H groups in total. The van der Waals surface area contributed by atoms with Crippen molar-refractivity contribution in [3.63, 3.8) is 0 Å². The molecule has 5 nitrogen and oxygen atoms in total. The van der Waals surface area contributed by atoms with E-state index in [2.05, 4.69) is 22.3 Å². The van der Waals surface area contributed by atoms with E-state index in [1.54, 1.807) is 19.2 Å². The van der Waals surface area contributed by atoms with Crippen LogP contribution >= 0.6 is 0 Å². The van der Waals surface area contributed by atoms with Gasteiger partial charge in [0.15, 0.2) is 5.78 Å². The first kappa shape index (κ1) is 21.1. The summed E-state index contributed by atoms with van der Waals surface area (Å²) in [7, 11) is 1.66. The topological polar surface area (TPSA) is 58.6 Å². The van der Waals surface area contributed by atoms with Gasteiger partial charge in [-0.1, -0.05) is 48.9 Å². The largest absolute Gasteiger partial charge is 0.497 e. The number of likely N-dealkylation sites (tertiary alicyclic amines) is 1. The van der Waals surface area contributed by atoms with Crippen LogP contribution < -0.4 is 10.1 Å². The van der Waals surface area contributed by atoms with Gasteiger partial charge in [-0.2, -0.15) is 0 Å². The van der Waals surface area contributed by atoms with Crippen molar-refractivity contribution in [1.82, 2.24) is 10.2 Å². The highest BCUT2D eigenvalue weighted by molar-refractivity contribution is 5.97. The first-order valence-corrected chi connectivity index (χ1v) is 10.4. The Morgan fingerprint density at radius 2 is 1.66 bits per heavy atom. The first-order chi connectivity index (χ1) is 14.2. The molecule has 1 saturated heterocycles. The Morgan fingerprint density at radius 3 is 2.31 bits per heavy atom. The van der Waals surface area contributed by atoms with Crippen molar-refractivity contribution in [2.24, 2.45) is 0 Å². The van der Waals surface area contributed by atoms with Gasteiger partial charge in [-0.3, -0.25) is 14.5 Å². The molecule has 2 aromatic rings. The molecule has 29 heavy (non-hydrogen) atoms. The molecule has 0 saturated carbocycles. The molecule has 1 fully saturated rings. The standard InChI is InChI=1S/C24H30N2O3/c1-29-21-12-10-19(11-13-21)22(26-16-6-3-7-17-26)18-25-24(28)15-14-23(27)20-8-4-2-5-9-20/h2,4-5,8-13,22H,3,6-7,14-18H2,1H3,(H,25,28)/t22-/m1/s1. The van der Waals surface area contributed by atoms with Crippen LogP contribution in [0.2, 0.25) is 0 Å².